The molecule has 0 aromatic heterocycles. The molecule has 1 aliphatic carbocycles. The van der Waals surface area contributed by atoms with E-state index >= 15 is 0 Å². The van der Waals surface area contributed by atoms with Crippen molar-refractivity contribution in [2.75, 3.05) is 19.8 Å². The van der Waals surface area contributed by atoms with Crippen molar-refractivity contribution >= 4 is 11.6 Å². The van der Waals surface area contributed by atoms with Crippen LogP contribution in [0.3, 0.4) is 0 Å². The first-order valence-corrected chi connectivity index (χ1v) is 8.45. The number of rotatable bonds is 3. The van der Waals surface area contributed by atoms with Crippen molar-refractivity contribution < 1.29 is 9.47 Å². The van der Waals surface area contributed by atoms with Gasteiger partial charge in [0.25, 0.3) is 0 Å². The highest BCUT2D eigenvalue weighted by Crippen LogP contribution is 2.50. The summed E-state index contributed by atoms with van der Waals surface area (Å²) in [4.78, 5) is 0. The molecule has 1 N–H and O–H groups in total. The zero-order valence-corrected chi connectivity index (χ0v) is 13.6. The van der Waals surface area contributed by atoms with E-state index in [2.05, 4.69) is 19.2 Å². The van der Waals surface area contributed by atoms with Crippen LogP contribution in [0.5, 0.6) is 11.5 Å². The number of hydrogen-bond acceptors (Lipinski definition) is 3. The maximum atomic E-state index is 6.56. The Kier molecular flexibility index (Phi) is 4.60. The van der Waals surface area contributed by atoms with Crippen molar-refractivity contribution in [1.29, 1.82) is 0 Å². The third kappa shape index (κ3) is 2.86. The lowest BCUT2D eigenvalue weighted by molar-refractivity contribution is 0.293. The maximum Gasteiger partial charge on any atom is 0.166 e. The van der Waals surface area contributed by atoms with E-state index in [1.807, 2.05) is 6.07 Å². The van der Waals surface area contributed by atoms with Gasteiger partial charge in [-0.25, -0.2) is 0 Å². The highest BCUT2D eigenvalue weighted by atomic mass is 35.5. The van der Waals surface area contributed by atoms with Crippen LogP contribution in [0.1, 0.15) is 62.6 Å². The SMILES string of the molecule is CCCNC1CCC(C)c2c(Cl)cc3c(c21)OCCCO3. The Morgan fingerprint density at radius 2 is 2.05 bits per heavy atom. The van der Waals surface area contributed by atoms with Gasteiger partial charge in [-0.15, -0.1) is 0 Å². The molecule has 0 radical (unpaired) electrons. The summed E-state index contributed by atoms with van der Waals surface area (Å²) >= 11 is 6.56. The van der Waals surface area contributed by atoms with Crippen molar-refractivity contribution in [1.82, 2.24) is 5.32 Å². The molecule has 1 aromatic rings. The molecule has 4 heteroatoms. The van der Waals surface area contributed by atoms with Crippen LogP contribution < -0.4 is 14.8 Å². The molecule has 3 nitrogen and oxygen atoms in total. The second kappa shape index (κ2) is 6.45. The average molecular weight is 310 g/mol. The smallest absolute Gasteiger partial charge is 0.166 e. The first-order chi connectivity index (χ1) is 10.2. The molecule has 116 valence electrons. The Balaban J connectivity index is 2.09. The first kappa shape index (κ1) is 15.0. The average Bonchev–Trinajstić information content (AvgIpc) is 2.71. The maximum absolute atomic E-state index is 6.56. The summed E-state index contributed by atoms with van der Waals surface area (Å²) in [6, 6.07) is 2.27. The summed E-state index contributed by atoms with van der Waals surface area (Å²) in [7, 11) is 0. The van der Waals surface area contributed by atoms with Crippen LogP contribution in [0, 0.1) is 0 Å². The summed E-state index contributed by atoms with van der Waals surface area (Å²) in [5, 5.41) is 4.48. The Labute approximate surface area is 132 Å². The molecular formula is C17H24ClNO2. The van der Waals surface area contributed by atoms with Crippen molar-refractivity contribution in [3.8, 4) is 11.5 Å². The fourth-order valence-corrected chi connectivity index (χ4v) is 3.78. The molecule has 0 spiro atoms. The molecule has 1 aliphatic heterocycles. The van der Waals surface area contributed by atoms with Gasteiger partial charge in [0.1, 0.15) is 0 Å². The lowest BCUT2D eigenvalue weighted by Gasteiger charge is -2.33. The van der Waals surface area contributed by atoms with Gasteiger partial charge in [-0.05, 0) is 37.3 Å². The first-order valence-electron chi connectivity index (χ1n) is 8.07. The Morgan fingerprint density at radius 1 is 1.24 bits per heavy atom. The number of fused-ring (bicyclic) bond motifs is 3. The zero-order chi connectivity index (χ0) is 14.8. The molecule has 0 fully saturated rings. The molecule has 0 amide bonds. The highest BCUT2D eigenvalue weighted by Gasteiger charge is 2.32. The largest absolute Gasteiger partial charge is 0.489 e. The molecule has 2 unspecified atom stereocenters. The van der Waals surface area contributed by atoms with E-state index in [1.54, 1.807) is 0 Å². The number of benzene rings is 1. The minimum absolute atomic E-state index is 0.324. The Morgan fingerprint density at radius 3 is 2.86 bits per heavy atom. The van der Waals surface area contributed by atoms with Crippen LogP contribution in [0.2, 0.25) is 5.02 Å². The van der Waals surface area contributed by atoms with E-state index < -0.39 is 0 Å². The Bertz CT molecular complexity index is 518. The van der Waals surface area contributed by atoms with E-state index in [4.69, 9.17) is 21.1 Å². The quantitative estimate of drug-likeness (QED) is 0.895. The highest BCUT2D eigenvalue weighted by molar-refractivity contribution is 6.31. The topological polar surface area (TPSA) is 30.5 Å². The molecule has 21 heavy (non-hydrogen) atoms. The van der Waals surface area contributed by atoms with Crippen LogP contribution in [0.15, 0.2) is 6.07 Å². The van der Waals surface area contributed by atoms with E-state index in [-0.39, 0.29) is 0 Å². The minimum Gasteiger partial charge on any atom is -0.489 e. The Hall–Kier alpha value is -0.930. The van der Waals surface area contributed by atoms with Gasteiger partial charge >= 0.3 is 0 Å². The molecule has 1 aromatic carbocycles. The summed E-state index contributed by atoms with van der Waals surface area (Å²) in [6.07, 6.45) is 4.34. The molecular weight excluding hydrogens is 286 g/mol. The molecule has 1 heterocycles. The van der Waals surface area contributed by atoms with Crippen LogP contribution in [0.4, 0.5) is 0 Å². The number of halogens is 1. The molecule has 0 bridgehead atoms. The third-order valence-corrected chi connectivity index (χ3v) is 4.75. The minimum atomic E-state index is 0.324. The molecule has 2 atom stereocenters. The predicted octanol–water partition coefficient (Wildman–Crippen LogP) is 4.44. The lowest BCUT2D eigenvalue weighted by Crippen LogP contribution is -2.28. The van der Waals surface area contributed by atoms with E-state index in [9.17, 15) is 0 Å². The fourth-order valence-electron chi connectivity index (χ4n) is 3.39. The number of hydrogen-bond donors (Lipinski definition) is 1. The third-order valence-electron chi connectivity index (χ3n) is 4.44. The molecule has 2 aliphatic rings. The van der Waals surface area contributed by atoms with Gasteiger partial charge in [0.05, 0.1) is 13.2 Å². The van der Waals surface area contributed by atoms with Crippen molar-refractivity contribution in [2.24, 2.45) is 0 Å². The van der Waals surface area contributed by atoms with Crippen LogP contribution in [-0.2, 0) is 0 Å². The normalized spacial score (nSPS) is 24.3. The summed E-state index contributed by atoms with van der Waals surface area (Å²) in [6.45, 7) is 6.88. The van der Waals surface area contributed by atoms with Gasteiger partial charge in [0.15, 0.2) is 11.5 Å². The van der Waals surface area contributed by atoms with Crippen LogP contribution in [0.25, 0.3) is 0 Å². The van der Waals surface area contributed by atoms with E-state index in [1.165, 1.54) is 11.1 Å². The van der Waals surface area contributed by atoms with Crippen molar-refractivity contribution in [2.45, 2.75) is 51.5 Å². The van der Waals surface area contributed by atoms with Gasteiger partial charge in [-0.3, -0.25) is 0 Å². The predicted molar refractivity (Wildman–Crippen MR) is 85.7 cm³/mol. The van der Waals surface area contributed by atoms with Gasteiger partial charge in [0, 0.05) is 29.1 Å². The molecule has 0 saturated heterocycles. The van der Waals surface area contributed by atoms with E-state index in [0.717, 1.165) is 55.4 Å². The second-order valence-electron chi connectivity index (χ2n) is 6.05. The molecule has 3 rings (SSSR count). The number of ether oxygens (including phenoxy) is 2. The zero-order valence-electron chi connectivity index (χ0n) is 12.9. The van der Waals surface area contributed by atoms with Gasteiger partial charge in [-0.2, -0.15) is 0 Å². The summed E-state index contributed by atoms with van der Waals surface area (Å²) in [5.74, 6) is 2.21. The summed E-state index contributed by atoms with van der Waals surface area (Å²) < 4.78 is 11.9. The fraction of sp³-hybridized carbons (Fsp3) is 0.647. The van der Waals surface area contributed by atoms with Crippen LogP contribution in [-0.4, -0.2) is 19.8 Å². The van der Waals surface area contributed by atoms with Gasteiger partial charge in [0.2, 0.25) is 0 Å². The monoisotopic (exact) mass is 309 g/mol. The molecule has 0 saturated carbocycles. The van der Waals surface area contributed by atoms with Crippen molar-refractivity contribution in [3.63, 3.8) is 0 Å². The number of nitrogens with one attached hydrogen (secondary N) is 1. The van der Waals surface area contributed by atoms with Crippen molar-refractivity contribution in [3.05, 3.63) is 22.2 Å². The van der Waals surface area contributed by atoms with Gasteiger partial charge in [-0.1, -0.05) is 25.4 Å². The standard InChI is InChI=1S/C17H24ClNO2/c1-3-7-19-13-6-5-11(2)15-12(18)10-14-17(16(13)15)21-9-4-8-20-14/h10-11,13,19H,3-9H2,1-2H3. The lowest BCUT2D eigenvalue weighted by atomic mass is 9.80. The summed E-state index contributed by atoms with van der Waals surface area (Å²) in [5.41, 5.74) is 2.49. The second-order valence-corrected chi connectivity index (χ2v) is 6.46. The van der Waals surface area contributed by atoms with E-state index in [0.29, 0.717) is 18.6 Å². The van der Waals surface area contributed by atoms with Crippen LogP contribution >= 0.6 is 11.6 Å². The van der Waals surface area contributed by atoms with Gasteiger partial charge < -0.3 is 14.8 Å².